The Morgan fingerprint density at radius 3 is 2.53 bits per heavy atom. The summed E-state index contributed by atoms with van der Waals surface area (Å²) in [7, 11) is 1.84. The quantitative estimate of drug-likeness (QED) is 0.626. The van der Waals surface area contributed by atoms with Gasteiger partial charge in [-0.1, -0.05) is 26.7 Å². The molecule has 0 saturated heterocycles. The monoisotopic (exact) mass is 214 g/mol. The molecule has 0 aliphatic heterocycles. The van der Waals surface area contributed by atoms with E-state index in [0.29, 0.717) is 6.54 Å². The van der Waals surface area contributed by atoms with E-state index in [0.717, 1.165) is 19.0 Å². The summed E-state index contributed by atoms with van der Waals surface area (Å²) in [6.07, 6.45) is 3.70. The van der Waals surface area contributed by atoms with Crippen molar-refractivity contribution in [3.05, 3.63) is 0 Å². The number of nitrogens with zero attached hydrogens (tertiary/aromatic N) is 1. The Labute approximate surface area is 94.2 Å². The molecule has 0 bridgehead atoms. The number of hydrogen-bond acceptors (Lipinski definition) is 2. The standard InChI is InChI=1S/C12H26N2O/c1-5-14(4)12(15)10-13-9-7-6-8-11(2)3/h11,13H,5-10H2,1-4H3. The van der Waals surface area contributed by atoms with Crippen LogP contribution >= 0.6 is 0 Å². The summed E-state index contributed by atoms with van der Waals surface area (Å²) in [5.41, 5.74) is 0. The number of hydrogen-bond donors (Lipinski definition) is 1. The summed E-state index contributed by atoms with van der Waals surface area (Å²) in [4.78, 5) is 13.1. The van der Waals surface area contributed by atoms with Gasteiger partial charge in [-0.3, -0.25) is 4.79 Å². The summed E-state index contributed by atoms with van der Waals surface area (Å²) in [5, 5.41) is 3.18. The normalized spacial score (nSPS) is 10.7. The minimum atomic E-state index is 0.182. The van der Waals surface area contributed by atoms with Gasteiger partial charge in [0.05, 0.1) is 6.54 Å². The topological polar surface area (TPSA) is 32.3 Å². The van der Waals surface area contributed by atoms with E-state index < -0.39 is 0 Å². The fraction of sp³-hybridized carbons (Fsp3) is 0.917. The molecule has 0 rings (SSSR count). The smallest absolute Gasteiger partial charge is 0.236 e. The summed E-state index contributed by atoms with van der Waals surface area (Å²) in [6.45, 7) is 8.69. The second-order valence-corrected chi connectivity index (χ2v) is 4.47. The van der Waals surface area contributed by atoms with Crippen LogP contribution < -0.4 is 5.32 Å². The molecule has 0 unspecified atom stereocenters. The number of carbonyl (C=O) groups is 1. The van der Waals surface area contributed by atoms with Crippen LogP contribution in [-0.4, -0.2) is 37.5 Å². The molecule has 0 spiro atoms. The second-order valence-electron chi connectivity index (χ2n) is 4.47. The molecule has 90 valence electrons. The maximum absolute atomic E-state index is 11.4. The largest absolute Gasteiger partial charge is 0.345 e. The Balaban J connectivity index is 3.27. The Bertz CT molecular complexity index is 169. The fourth-order valence-electron chi connectivity index (χ4n) is 1.31. The summed E-state index contributed by atoms with van der Waals surface area (Å²) < 4.78 is 0. The first-order valence-electron chi connectivity index (χ1n) is 6.02. The van der Waals surface area contributed by atoms with Crippen molar-refractivity contribution in [1.29, 1.82) is 0 Å². The third-order valence-electron chi connectivity index (χ3n) is 2.56. The number of carbonyl (C=O) groups excluding carboxylic acids is 1. The minimum Gasteiger partial charge on any atom is -0.345 e. The lowest BCUT2D eigenvalue weighted by molar-refractivity contribution is -0.128. The van der Waals surface area contributed by atoms with Crippen LogP contribution in [0, 0.1) is 5.92 Å². The Morgan fingerprint density at radius 1 is 1.33 bits per heavy atom. The Kier molecular flexibility index (Phi) is 8.38. The van der Waals surface area contributed by atoms with Crippen LogP contribution in [0.4, 0.5) is 0 Å². The molecule has 0 fully saturated rings. The first kappa shape index (κ1) is 14.4. The zero-order valence-corrected chi connectivity index (χ0v) is 10.7. The van der Waals surface area contributed by atoms with Gasteiger partial charge in [-0.2, -0.15) is 0 Å². The van der Waals surface area contributed by atoms with Crippen LogP contribution in [-0.2, 0) is 4.79 Å². The molecule has 0 aromatic rings. The molecule has 0 heterocycles. The summed E-state index contributed by atoms with van der Waals surface area (Å²) in [5.74, 6) is 0.971. The molecule has 0 aliphatic rings. The van der Waals surface area contributed by atoms with Crippen LogP contribution in [0.2, 0.25) is 0 Å². The van der Waals surface area contributed by atoms with Crippen LogP contribution in [0.25, 0.3) is 0 Å². The van der Waals surface area contributed by atoms with Crippen molar-refractivity contribution in [2.75, 3.05) is 26.7 Å². The number of nitrogens with one attached hydrogen (secondary N) is 1. The molecule has 1 amide bonds. The van der Waals surface area contributed by atoms with Crippen molar-refractivity contribution in [1.82, 2.24) is 10.2 Å². The lowest BCUT2D eigenvalue weighted by Crippen LogP contribution is -2.35. The average molecular weight is 214 g/mol. The van der Waals surface area contributed by atoms with Gasteiger partial charge in [-0.15, -0.1) is 0 Å². The van der Waals surface area contributed by atoms with Crippen LogP contribution in [0.5, 0.6) is 0 Å². The highest BCUT2D eigenvalue weighted by atomic mass is 16.2. The van der Waals surface area contributed by atoms with Gasteiger partial charge in [0, 0.05) is 13.6 Å². The predicted molar refractivity (Wildman–Crippen MR) is 64.9 cm³/mol. The van der Waals surface area contributed by atoms with E-state index in [-0.39, 0.29) is 5.91 Å². The number of rotatable bonds is 8. The van der Waals surface area contributed by atoms with Crippen LogP contribution in [0.3, 0.4) is 0 Å². The molecule has 0 aromatic heterocycles. The van der Waals surface area contributed by atoms with Gasteiger partial charge < -0.3 is 10.2 Å². The van der Waals surface area contributed by atoms with E-state index in [2.05, 4.69) is 19.2 Å². The number of unbranched alkanes of at least 4 members (excludes halogenated alkanes) is 1. The van der Waals surface area contributed by atoms with Crippen LogP contribution in [0.1, 0.15) is 40.0 Å². The molecule has 3 heteroatoms. The first-order chi connectivity index (χ1) is 7.07. The summed E-state index contributed by atoms with van der Waals surface area (Å²) in [6, 6.07) is 0. The molecule has 0 aromatic carbocycles. The van der Waals surface area contributed by atoms with Gasteiger partial charge in [0.15, 0.2) is 0 Å². The second kappa shape index (κ2) is 8.72. The molecule has 3 nitrogen and oxygen atoms in total. The van der Waals surface area contributed by atoms with Crippen LogP contribution in [0.15, 0.2) is 0 Å². The van der Waals surface area contributed by atoms with E-state index in [1.165, 1.54) is 19.3 Å². The van der Waals surface area contributed by atoms with Crippen molar-refractivity contribution >= 4 is 5.91 Å². The summed E-state index contributed by atoms with van der Waals surface area (Å²) >= 11 is 0. The first-order valence-corrected chi connectivity index (χ1v) is 6.02. The van der Waals surface area contributed by atoms with Crippen molar-refractivity contribution in [3.8, 4) is 0 Å². The zero-order chi connectivity index (χ0) is 11.7. The molecule has 0 radical (unpaired) electrons. The third-order valence-corrected chi connectivity index (χ3v) is 2.56. The van der Waals surface area contributed by atoms with Gasteiger partial charge in [0.1, 0.15) is 0 Å². The van der Waals surface area contributed by atoms with Crippen molar-refractivity contribution in [2.24, 2.45) is 5.92 Å². The number of likely N-dealkylation sites (N-methyl/N-ethyl adjacent to an activating group) is 1. The van der Waals surface area contributed by atoms with E-state index >= 15 is 0 Å². The highest BCUT2D eigenvalue weighted by Gasteiger charge is 2.04. The van der Waals surface area contributed by atoms with Gasteiger partial charge in [-0.25, -0.2) is 0 Å². The average Bonchev–Trinajstić information content (AvgIpc) is 2.21. The highest BCUT2D eigenvalue weighted by molar-refractivity contribution is 5.77. The van der Waals surface area contributed by atoms with Gasteiger partial charge in [-0.05, 0) is 25.8 Å². The molecule has 0 atom stereocenters. The molecular formula is C12H26N2O. The Morgan fingerprint density at radius 2 is 2.00 bits per heavy atom. The highest BCUT2D eigenvalue weighted by Crippen LogP contribution is 2.04. The zero-order valence-electron chi connectivity index (χ0n) is 10.7. The third kappa shape index (κ3) is 8.43. The van der Waals surface area contributed by atoms with Gasteiger partial charge in [0.2, 0.25) is 5.91 Å². The maximum Gasteiger partial charge on any atom is 0.236 e. The van der Waals surface area contributed by atoms with E-state index in [1.807, 2.05) is 14.0 Å². The number of amides is 1. The lowest BCUT2D eigenvalue weighted by Gasteiger charge is -2.14. The molecule has 0 saturated carbocycles. The molecule has 1 N–H and O–H groups in total. The van der Waals surface area contributed by atoms with Gasteiger partial charge in [0.25, 0.3) is 0 Å². The fourth-order valence-corrected chi connectivity index (χ4v) is 1.31. The maximum atomic E-state index is 11.4. The molecular weight excluding hydrogens is 188 g/mol. The van der Waals surface area contributed by atoms with Gasteiger partial charge >= 0.3 is 0 Å². The van der Waals surface area contributed by atoms with Crippen molar-refractivity contribution < 1.29 is 4.79 Å². The van der Waals surface area contributed by atoms with E-state index in [1.54, 1.807) is 4.90 Å². The minimum absolute atomic E-state index is 0.182. The SMILES string of the molecule is CCN(C)C(=O)CNCCCCC(C)C. The van der Waals surface area contributed by atoms with Crippen molar-refractivity contribution in [2.45, 2.75) is 40.0 Å². The van der Waals surface area contributed by atoms with Crippen molar-refractivity contribution in [3.63, 3.8) is 0 Å². The van der Waals surface area contributed by atoms with E-state index in [9.17, 15) is 4.79 Å². The Hall–Kier alpha value is -0.570. The molecule has 0 aliphatic carbocycles. The van der Waals surface area contributed by atoms with E-state index in [4.69, 9.17) is 0 Å². The lowest BCUT2D eigenvalue weighted by atomic mass is 10.1. The predicted octanol–water partition coefficient (Wildman–Crippen LogP) is 1.88. The molecule has 15 heavy (non-hydrogen) atoms.